The second kappa shape index (κ2) is 12.1. The molecule has 1 unspecified atom stereocenters. The van der Waals surface area contributed by atoms with Gasteiger partial charge in [-0.1, -0.05) is 13.8 Å². The first-order valence-electron chi connectivity index (χ1n) is 13.1. The van der Waals surface area contributed by atoms with E-state index in [9.17, 15) is 4.79 Å². The first-order valence-corrected chi connectivity index (χ1v) is 13.1. The summed E-state index contributed by atoms with van der Waals surface area (Å²) in [6.45, 7) is 10.6. The number of amidine groups is 1. The smallest absolute Gasteiger partial charge is 0.410 e. The van der Waals surface area contributed by atoms with Gasteiger partial charge in [0.05, 0.1) is 17.8 Å². The largest absolute Gasteiger partial charge is 0.444 e. The standard InChI is InChI=1S/C28H43N9O2/c1-17(2)18(12-29)11-24(30)35-25-9-8-22-23(36(25)7)10-19(13-33-22)21(14-32-6)26(31)34-20-15-37(16-20)27(38)39-28(3,4)5/h8-14,17,20,23,32,35H,15-16,29-30H2,1-7H3,(H2,31,34)/b18-12+,21-14-,24-11+. The lowest BCUT2D eigenvalue weighted by Crippen LogP contribution is -2.54. The molecule has 1 amide bonds. The fourth-order valence-corrected chi connectivity index (χ4v) is 4.19. The van der Waals surface area contributed by atoms with Crippen LogP contribution in [-0.2, 0) is 4.74 Å². The summed E-state index contributed by atoms with van der Waals surface area (Å²) >= 11 is 0. The van der Waals surface area contributed by atoms with Gasteiger partial charge in [-0.15, -0.1) is 0 Å². The lowest BCUT2D eigenvalue weighted by Gasteiger charge is -2.38. The molecule has 11 heteroatoms. The van der Waals surface area contributed by atoms with Crippen molar-refractivity contribution in [2.45, 2.75) is 52.3 Å². The molecular weight excluding hydrogens is 494 g/mol. The third-order valence-corrected chi connectivity index (χ3v) is 6.37. The lowest BCUT2D eigenvalue weighted by atomic mass is 9.97. The van der Waals surface area contributed by atoms with Crippen LogP contribution in [0.1, 0.15) is 34.6 Å². The third-order valence-electron chi connectivity index (χ3n) is 6.37. The molecule has 39 heavy (non-hydrogen) atoms. The average Bonchev–Trinajstić information content (AvgIpc) is 2.83. The number of nitrogens with one attached hydrogen (secondary N) is 2. The zero-order chi connectivity index (χ0) is 28.9. The Morgan fingerprint density at radius 2 is 1.95 bits per heavy atom. The van der Waals surface area contributed by atoms with Crippen molar-refractivity contribution in [1.29, 1.82) is 0 Å². The maximum absolute atomic E-state index is 12.2. The fourth-order valence-electron chi connectivity index (χ4n) is 4.19. The summed E-state index contributed by atoms with van der Waals surface area (Å²) in [7, 11) is 3.78. The van der Waals surface area contributed by atoms with E-state index in [2.05, 4.69) is 45.4 Å². The van der Waals surface area contributed by atoms with Gasteiger partial charge in [0.25, 0.3) is 0 Å². The monoisotopic (exact) mass is 537 g/mol. The van der Waals surface area contributed by atoms with Crippen LogP contribution in [0.5, 0.6) is 0 Å². The van der Waals surface area contributed by atoms with Crippen molar-refractivity contribution in [1.82, 2.24) is 20.4 Å². The minimum Gasteiger partial charge on any atom is -0.444 e. The first-order chi connectivity index (χ1) is 18.3. The minimum atomic E-state index is -0.537. The van der Waals surface area contributed by atoms with Crippen molar-refractivity contribution in [2.75, 3.05) is 27.2 Å². The van der Waals surface area contributed by atoms with Crippen molar-refractivity contribution in [3.63, 3.8) is 0 Å². The van der Waals surface area contributed by atoms with E-state index in [4.69, 9.17) is 21.9 Å². The molecule has 0 radical (unpaired) electrons. The Morgan fingerprint density at radius 1 is 1.26 bits per heavy atom. The van der Waals surface area contributed by atoms with E-state index in [1.807, 2.05) is 46.0 Å². The molecule has 3 rings (SSSR count). The molecule has 11 nitrogen and oxygen atoms in total. The molecule has 3 aliphatic rings. The first kappa shape index (κ1) is 29.4. The summed E-state index contributed by atoms with van der Waals surface area (Å²) in [5, 5.41) is 6.33. The van der Waals surface area contributed by atoms with Gasteiger partial charge in [-0.05, 0) is 62.8 Å². The number of hydrogen-bond donors (Lipinski definition) is 5. The molecule has 212 valence electrons. The van der Waals surface area contributed by atoms with E-state index < -0.39 is 5.60 Å². The number of fused-ring (bicyclic) bond motifs is 1. The second-order valence-corrected chi connectivity index (χ2v) is 11.0. The maximum Gasteiger partial charge on any atom is 0.410 e. The number of aliphatic imine (C=N–C) groups is 2. The van der Waals surface area contributed by atoms with Gasteiger partial charge >= 0.3 is 6.09 Å². The molecule has 3 heterocycles. The molecule has 0 aliphatic carbocycles. The van der Waals surface area contributed by atoms with Crippen LogP contribution in [0.15, 0.2) is 80.7 Å². The molecule has 0 aromatic carbocycles. The van der Waals surface area contributed by atoms with E-state index >= 15 is 0 Å². The Morgan fingerprint density at radius 3 is 2.54 bits per heavy atom. The Bertz CT molecular complexity index is 1190. The Hall–Kier alpha value is -4.15. The van der Waals surface area contributed by atoms with Gasteiger partial charge in [0.15, 0.2) is 0 Å². The molecule has 3 aliphatic heterocycles. The summed E-state index contributed by atoms with van der Waals surface area (Å²) < 4.78 is 5.42. The molecule has 0 spiro atoms. The van der Waals surface area contributed by atoms with Crippen molar-refractivity contribution in [2.24, 2.45) is 33.1 Å². The number of carbonyl (C=O) groups is 1. The van der Waals surface area contributed by atoms with Gasteiger partial charge in [-0.3, -0.25) is 9.98 Å². The second-order valence-electron chi connectivity index (χ2n) is 11.0. The summed E-state index contributed by atoms with van der Waals surface area (Å²) in [6, 6.07) is -0.238. The lowest BCUT2D eigenvalue weighted by molar-refractivity contribution is 0.00905. The Balaban J connectivity index is 1.73. The quantitative estimate of drug-likeness (QED) is 0.179. The van der Waals surface area contributed by atoms with Crippen LogP contribution in [-0.4, -0.2) is 72.8 Å². The number of likely N-dealkylation sites (tertiary alicyclic amines) is 1. The molecule has 1 fully saturated rings. The molecule has 0 saturated carbocycles. The number of ether oxygens (including phenoxy) is 1. The van der Waals surface area contributed by atoms with E-state index in [-0.39, 0.29) is 24.1 Å². The number of amides is 1. The molecular formula is C28H43N9O2. The van der Waals surface area contributed by atoms with Crippen LogP contribution in [0.4, 0.5) is 4.79 Å². The average molecular weight is 538 g/mol. The number of nitrogens with zero attached hydrogens (tertiary/aromatic N) is 4. The van der Waals surface area contributed by atoms with Gasteiger partial charge in [0.1, 0.15) is 23.1 Å². The number of carbonyl (C=O) groups excluding carboxylic acids is 1. The topological polar surface area (TPSA) is 160 Å². The number of hydrogen-bond acceptors (Lipinski definition) is 9. The van der Waals surface area contributed by atoms with Crippen LogP contribution in [0.25, 0.3) is 0 Å². The van der Waals surface area contributed by atoms with Crippen molar-refractivity contribution in [3.8, 4) is 0 Å². The zero-order valence-electron chi connectivity index (χ0n) is 24.0. The summed E-state index contributed by atoms with van der Waals surface area (Å²) in [6.07, 6.45) is 12.7. The molecule has 0 aromatic heterocycles. The van der Waals surface area contributed by atoms with Gasteiger partial charge < -0.3 is 42.4 Å². The van der Waals surface area contributed by atoms with Gasteiger partial charge in [0, 0.05) is 50.7 Å². The molecule has 8 N–H and O–H groups in total. The van der Waals surface area contributed by atoms with Gasteiger partial charge in [0.2, 0.25) is 0 Å². The van der Waals surface area contributed by atoms with Crippen molar-refractivity contribution >= 4 is 18.1 Å². The summed E-state index contributed by atoms with van der Waals surface area (Å²) in [4.78, 5) is 25.3. The Labute approximate surface area is 231 Å². The predicted octanol–water partition coefficient (Wildman–Crippen LogP) is 2.00. The number of likely N-dealkylation sites (N-methyl/N-ethyl adjacent to an activating group) is 1. The van der Waals surface area contributed by atoms with Crippen LogP contribution in [0.3, 0.4) is 0 Å². The van der Waals surface area contributed by atoms with Gasteiger partial charge in [-0.25, -0.2) is 4.79 Å². The van der Waals surface area contributed by atoms with E-state index in [0.717, 1.165) is 28.2 Å². The highest BCUT2D eigenvalue weighted by Crippen LogP contribution is 2.28. The van der Waals surface area contributed by atoms with Crippen LogP contribution in [0.2, 0.25) is 0 Å². The number of rotatable bonds is 8. The van der Waals surface area contributed by atoms with Crippen molar-refractivity contribution < 1.29 is 9.53 Å². The van der Waals surface area contributed by atoms with E-state index in [1.54, 1.807) is 30.6 Å². The van der Waals surface area contributed by atoms with E-state index in [0.29, 0.717) is 24.7 Å². The highest BCUT2D eigenvalue weighted by Gasteiger charge is 2.34. The zero-order valence-corrected chi connectivity index (χ0v) is 24.0. The van der Waals surface area contributed by atoms with Crippen LogP contribution >= 0.6 is 0 Å². The number of allylic oxidation sites excluding steroid dienone is 4. The Kier molecular flexibility index (Phi) is 9.15. The van der Waals surface area contributed by atoms with Crippen LogP contribution < -0.4 is 27.8 Å². The minimum absolute atomic E-state index is 0.0986. The number of nitrogens with two attached hydrogens (primary N) is 3. The molecule has 0 aromatic rings. The molecule has 1 atom stereocenters. The normalized spacial score (nSPS) is 21.1. The predicted molar refractivity (Wildman–Crippen MR) is 157 cm³/mol. The summed E-state index contributed by atoms with van der Waals surface area (Å²) in [5.74, 6) is 1.94. The van der Waals surface area contributed by atoms with Crippen molar-refractivity contribution in [3.05, 3.63) is 70.8 Å². The third kappa shape index (κ3) is 7.46. The van der Waals surface area contributed by atoms with Gasteiger partial charge in [-0.2, -0.15) is 0 Å². The summed E-state index contributed by atoms with van der Waals surface area (Å²) in [5.41, 5.74) is 21.3. The SMILES string of the molecule is CN/C=C(/C1=CC2C(=CC=C(N/C(N)=C/C(=C\N)C(C)C)N2C)N=C1)C(N)=NC1CN(C(=O)OC(C)(C)C)C1. The number of dihydropyridines is 1. The van der Waals surface area contributed by atoms with E-state index in [1.165, 1.54) is 0 Å². The fraction of sp³-hybridized carbons (Fsp3) is 0.464. The molecule has 0 bridgehead atoms. The highest BCUT2D eigenvalue weighted by atomic mass is 16.6. The molecule has 1 saturated heterocycles. The maximum atomic E-state index is 12.2. The highest BCUT2D eigenvalue weighted by molar-refractivity contribution is 6.08. The van der Waals surface area contributed by atoms with Crippen LogP contribution in [0, 0.1) is 5.92 Å².